The second-order valence-corrected chi connectivity index (χ2v) is 7.57. The summed E-state index contributed by atoms with van der Waals surface area (Å²) in [7, 11) is -2.24. The maximum absolute atomic E-state index is 12.9. The average molecular weight is 353 g/mol. The Balaban J connectivity index is 2.01. The summed E-state index contributed by atoms with van der Waals surface area (Å²) in [5.74, 6) is 0.191. The molecule has 130 valence electrons. The highest BCUT2D eigenvalue weighted by Gasteiger charge is 2.24. The highest BCUT2D eigenvalue weighted by molar-refractivity contribution is 7.89. The van der Waals surface area contributed by atoms with E-state index in [4.69, 9.17) is 4.74 Å². The van der Waals surface area contributed by atoms with Crippen LogP contribution in [-0.4, -0.2) is 32.8 Å². The number of halogens is 1. The van der Waals surface area contributed by atoms with E-state index in [0.29, 0.717) is 5.75 Å². The molecule has 0 saturated heterocycles. The van der Waals surface area contributed by atoms with Crippen LogP contribution in [0.15, 0.2) is 53.4 Å². The zero-order valence-electron chi connectivity index (χ0n) is 13.5. The average Bonchev–Trinajstić information content (AvgIpc) is 2.54. The summed E-state index contributed by atoms with van der Waals surface area (Å²) in [6, 6.07) is 11.7. The fourth-order valence-corrected chi connectivity index (χ4v) is 3.36. The van der Waals surface area contributed by atoms with E-state index >= 15 is 0 Å². The first-order valence-electron chi connectivity index (χ1n) is 7.32. The molecule has 7 heteroatoms. The van der Waals surface area contributed by atoms with Crippen LogP contribution >= 0.6 is 0 Å². The summed E-state index contributed by atoms with van der Waals surface area (Å²) in [6.45, 7) is 1.38. The first-order chi connectivity index (χ1) is 11.2. The molecule has 5 nitrogen and oxygen atoms in total. The Labute approximate surface area is 141 Å². The van der Waals surface area contributed by atoms with Crippen LogP contribution in [0.25, 0.3) is 0 Å². The van der Waals surface area contributed by atoms with Gasteiger partial charge in [-0.3, -0.25) is 0 Å². The number of hydrogen-bond donors (Lipinski definition) is 2. The zero-order valence-corrected chi connectivity index (χ0v) is 14.3. The molecule has 0 aromatic heterocycles. The predicted octanol–water partition coefficient (Wildman–Crippen LogP) is 2.11. The van der Waals surface area contributed by atoms with E-state index in [2.05, 4.69) is 4.72 Å². The summed E-state index contributed by atoms with van der Waals surface area (Å²) in [5, 5.41) is 10.4. The lowest BCUT2D eigenvalue weighted by molar-refractivity contribution is 0.0657. The smallest absolute Gasteiger partial charge is 0.240 e. The lowest BCUT2D eigenvalue weighted by Gasteiger charge is -2.24. The third-order valence-electron chi connectivity index (χ3n) is 3.51. The Morgan fingerprint density at radius 3 is 2.25 bits per heavy atom. The van der Waals surface area contributed by atoms with Gasteiger partial charge >= 0.3 is 0 Å². The normalized spacial score (nSPS) is 14.2. The van der Waals surface area contributed by atoms with Crippen LogP contribution < -0.4 is 9.46 Å². The predicted molar refractivity (Wildman–Crippen MR) is 88.9 cm³/mol. The number of sulfonamides is 1. The Hall–Kier alpha value is -1.96. The van der Waals surface area contributed by atoms with Gasteiger partial charge in [0.15, 0.2) is 0 Å². The van der Waals surface area contributed by atoms with E-state index in [1.54, 1.807) is 26.2 Å². The second kappa shape index (κ2) is 7.29. The zero-order chi connectivity index (χ0) is 17.8. The first kappa shape index (κ1) is 18.4. The number of hydrogen-bond acceptors (Lipinski definition) is 4. The molecule has 2 aromatic carbocycles. The van der Waals surface area contributed by atoms with Gasteiger partial charge in [0.25, 0.3) is 0 Å². The molecule has 0 heterocycles. The van der Waals surface area contributed by atoms with E-state index in [9.17, 15) is 17.9 Å². The fourth-order valence-electron chi connectivity index (χ4n) is 2.19. The number of aliphatic hydroxyl groups is 1. The quantitative estimate of drug-likeness (QED) is 0.799. The van der Waals surface area contributed by atoms with Gasteiger partial charge in [-0.25, -0.2) is 17.5 Å². The summed E-state index contributed by atoms with van der Waals surface area (Å²) >= 11 is 0. The molecule has 2 N–H and O–H groups in total. The fraction of sp³-hybridized carbons (Fsp3) is 0.294. The van der Waals surface area contributed by atoms with E-state index in [0.717, 1.165) is 17.7 Å². The third kappa shape index (κ3) is 5.02. The minimum Gasteiger partial charge on any atom is -0.497 e. The minimum atomic E-state index is -3.81. The maximum atomic E-state index is 12.9. The van der Waals surface area contributed by atoms with Crippen LogP contribution in [0.5, 0.6) is 5.75 Å². The van der Waals surface area contributed by atoms with Gasteiger partial charge in [0.1, 0.15) is 11.6 Å². The van der Waals surface area contributed by atoms with Gasteiger partial charge in [-0.1, -0.05) is 12.1 Å². The monoisotopic (exact) mass is 353 g/mol. The van der Waals surface area contributed by atoms with Crippen molar-refractivity contribution in [3.8, 4) is 5.75 Å². The summed E-state index contributed by atoms with van der Waals surface area (Å²) < 4.78 is 44.6. The van der Waals surface area contributed by atoms with Gasteiger partial charge in [-0.05, 0) is 48.9 Å². The molecule has 1 atom stereocenters. The van der Waals surface area contributed by atoms with Gasteiger partial charge in [-0.2, -0.15) is 0 Å². The minimum absolute atomic E-state index is 0.0517. The molecular formula is C17H20FNO4S. The molecule has 1 unspecified atom stereocenters. The van der Waals surface area contributed by atoms with E-state index in [-0.39, 0.29) is 17.9 Å². The van der Waals surface area contributed by atoms with Gasteiger partial charge < -0.3 is 9.84 Å². The first-order valence-corrected chi connectivity index (χ1v) is 8.81. The Morgan fingerprint density at radius 2 is 1.71 bits per heavy atom. The number of methoxy groups -OCH3 is 1. The van der Waals surface area contributed by atoms with Crippen LogP contribution in [0.3, 0.4) is 0 Å². The molecule has 0 spiro atoms. The molecule has 0 bridgehead atoms. The van der Waals surface area contributed by atoms with Crippen molar-refractivity contribution in [1.82, 2.24) is 4.72 Å². The molecule has 24 heavy (non-hydrogen) atoms. The van der Waals surface area contributed by atoms with Crippen molar-refractivity contribution in [3.63, 3.8) is 0 Å². The molecule has 0 aliphatic heterocycles. The lowest BCUT2D eigenvalue weighted by atomic mass is 9.97. The SMILES string of the molecule is COc1ccc(CC(C)(O)CNS(=O)(=O)c2ccc(F)cc2)cc1. The standard InChI is InChI=1S/C17H20FNO4S/c1-17(20,11-13-3-7-15(23-2)8-4-13)12-19-24(21,22)16-9-5-14(18)6-10-16/h3-10,19-20H,11-12H2,1-2H3. The molecule has 0 aliphatic carbocycles. The molecule has 0 radical (unpaired) electrons. The second-order valence-electron chi connectivity index (χ2n) is 5.80. The van der Waals surface area contributed by atoms with E-state index < -0.39 is 21.4 Å². The number of benzene rings is 2. The van der Waals surface area contributed by atoms with Gasteiger partial charge in [0, 0.05) is 13.0 Å². The highest BCUT2D eigenvalue weighted by Crippen LogP contribution is 2.17. The van der Waals surface area contributed by atoms with Crippen LogP contribution in [0.4, 0.5) is 4.39 Å². The van der Waals surface area contributed by atoms with Crippen molar-refractivity contribution in [2.24, 2.45) is 0 Å². The molecule has 0 fully saturated rings. The lowest BCUT2D eigenvalue weighted by Crippen LogP contribution is -2.42. The maximum Gasteiger partial charge on any atom is 0.240 e. The molecule has 2 aromatic rings. The highest BCUT2D eigenvalue weighted by atomic mass is 32.2. The Bertz CT molecular complexity index is 771. The molecule has 0 aliphatic rings. The van der Waals surface area contributed by atoms with Crippen molar-refractivity contribution in [3.05, 3.63) is 59.9 Å². The molecule has 0 saturated carbocycles. The van der Waals surface area contributed by atoms with Crippen molar-refractivity contribution < 1.29 is 22.7 Å². The Morgan fingerprint density at radius 1 is 1.12 bits per heavy atom. The molecule has 2 rings (SSSR count). The van der Waals surface area contributed by atoms with Crippen LogP contribution in [0, 0.1) is 5.82 Å². The topological polar surface area (TPSA) is 75.6 Å². The third-order valence-corrected chi connectivity index (χ3v) is 4.93. The van der Waals surface area contributed by atoms with Crippen molar-refractivity contribution >= 4 is 10.0 Å². The van der Waals surface area contributed by atoms with E-state index in [1.165, 1.54) is 12.1 Å². The van der Waals surface area contributed by atoms with Crippen molar-refractivity contribution in [2.45, 2.75) is 23.8 Å². The number of ether oxygens (including phenoxy) is 1. The van der Waals surface area contributed by atoms with Gasteiger partial charge in [0.2, 0.25) is 10.0 Å². The number of rotatable bonds is 7. The van der Waals surface area contributed by atoms with Crippen LogP contribution in [-0.2, 0) is 16.4 Å². The van der Waals surface area contributed by atoms with E-state index in [1.807, 2.05) is 12.1 Å². The summed E-state index contributed by atoms with van der Waals surface area (Å²) in [5.41, 5.74) is -0.427. The largest absolute Gasteiger partial charge is 0.497 e. The van der Waals surface area contributed by atoms with Crippen molar-refractivity contribution in [1.29, 1.82) is 0 Å². The van der Waals surface area contributed by atoms with Crippen LogP contribution in [0.1, 0.15) is 12.5 Å². The Kier molecular flexibility index (Phi) is 5.58. The number of nitrogens with one attached hydrogen (secondary N) is 1. The van der Waals surface area contributed by atoms with Gasteiger partial charge in [0.05, 0.1) is 17.6 Å². The van der Waals surface area contributed by atoms with Gasteiger partial charge in [-0.15, -0.1) is 0 Å². The summed E-state index contributed by atoms with van der Waals surface area (Å²) in [6.07, 6.45) is 0.267. The summed E-state index contributed by atoms with van der Waals surface area (Å²) in [4.78, 5) is -0.0517. The van der Waals surface area contributed by atoms with Crippen molar-refractivity contribution in [2.75, 3.05) is 13.7 Å². The molecule has 0 amide bonds. The van der Waals surface area contributed by atoms with Crippen LogP contribution in [0.2, 0.25) is 0 Å². The molecular weight excluding hydrogens is 333 g/mol.